The highest BCUT2D eigenvalue weighted by Crippen LogP contribution is 2.35. The first-order valence-electron chi connectivity index (χ1n) is 9.19. The maximum absolute atomic E-state index is 13.6. The summed E-state index contributed by atoms with van der Waals surface area (Å²) >= 11 is 1.60. The SMILES string of the molecule is Fc1cnc2sc3ccc(-c4cc(CC5CCCC5)ccn4)cc3c2c1. The van der Waals surface area contributed by atoms with E-state index in [9.17, 15) is 4.39 Å². The summed E-state index contributed by atoms with van der Waals surface area (Å²) in [5.74, 6) is 0.530. The maximum Gasteiger partial charge on any atom is 0.142 e. The highest BCUT2D eigenvalue weighted by Gasteiger charge is 2.16. The molecule has 2 nitrogen and oxygen atoms in total. The van der Waals surface area contributed by atoms with Gasteiger partial charge in [-0.05, 0) is 48.2 Å². The van der Waals surface area contributed by atoms with Gasteiger partial charge in [0.1, 0.15) is 10.6 Å². The Morgan fingerprint density at radius 3 is 2.77 bits per heavy atom. The van der Waals surface area contributed by atoms with Crippen molar-refractivity contribution in [1.82, 2.24) is 9.97 Å². The lowest BCUT2D eigenvalue weighted by atomic mass is 9.97. The van der Waals surface area contributed by atoms with E-state index in [1.807, 2.05) is 6.20 Å². The monoisotopic (exact) mass is 362 g/mol. The smallest absolute Gasteiger partial charge is 0.142 e. The van der Waals surface area contributed by atoms with Gasteiger partial charge in [-0.25, -0.2) is 9.37 Å². The van der Waals surface area contributed by atoms with Crippen LogP contribution < -0.4 is 0 Å². The van der Waals surface area contributed by atoms with Crippen LogP contribution in [0.4, 0.5) is 4.39 Å². The lowest BCUT2D eigenvalue weighted by molar-refractivity contribution is 0.546. The third-order valence-corrected chi connectivity index (χ3v) is 6.51. The molecule has 1 aliphatic carbocycles. The zero-order valence-corrected chi connectivity index (χ0v) is 15.2. The van der Waals surface area contributed by atoms with E-state index in [0.717, 1.165) is 43.9 Å². The lowest BCUT2D eigenvalue weighted by Crippen LogP contribution is -1.99. The number of rotatable bonds is 3. The summed E-state index contributed by atoms with van der Waals surface area (Å²) in [6, 6.07) is 12.3. The summed E-state index contributed by atoms with van der Waals surface area (Å²) in [5.41, 5.74) is 3.44. The maximum atomic E-state index is 13.6. The molecule has 3 aromatic heterocycles. The van der Waals surface area contributed by atoms with Crippen LogP contribution in [-0.2, 0) is 6.42 Å². The molecule has 0 aliphatic heterocycles. The number of benzene rings is 1. The summed E-state index contributed by atoms with van der Waals surface area (Å²) < 4.78 is 14.8. The molecule has 26 heavy (non-hydrogen) atoms. The van der Waals surface area contributed by atoms with Crippen molar-refractivity contribution in [3.63, 3.8) is 0 Å². The Balaban J connectivity index is 1.55. The van der Waals surface area contributed by atoms with Crippen LogP contribution in [0.3, 0.4) is 0 Å². The number of thiophene rings is 1. The summed E-state index contributed by atoms with van der Waals surface area (Å²) in [6.07, 6.45) is 9.79. The average molecular weight is 362 g/mol. The largest absolute Gasteiger partial charge is 0.256 e. The number of halogens is 1. The highest BCUT2D eigenvalue weighted by molar-refractivity contribution is 7.25. The number of hydrogen-bond donors (Lipinski definition) is 0. The molecule has 0 spiro atoms. The Labute approximate surface area is 155 Å². The molecule has 0 atom stereocenters. The quantitative estimate of drug-likeness (QED) is 0.422. The van der Waals surface area contributed by atoms with E-state index in [0.29, 0.717) is 0 Å². The lowest BCUT2D eigenvalue weighted by Gasteiger charge is -2.10. The van der Waals surface area contributed by atoms with Gasteiger partial charge in [0.05, 0.1) is 11.9 Å². The van der Waals surface area contributed by atoms with Gasteiger partial charge < -0.3 is 0 Å². The van der Waals surface area contributed by atoms with Crippen molar-refractivity contribution in [1.29, 1.82) is 0 Å². The Morgan fingerprint density at radius 1 is 1.00 bits per heavy atom. The zero-order chi connectivity index (χ0) is 17.5. The van der Waals surface area contributed by atoms with Crippen molar-refractivity contribution in [3.05, 3.63) is 60.2 Å². The van der Waals surface area contributed by atoms with Crippen molar-refractivity contribution in [3.8, 4) is 11.3 Å². The van der Waals surface area contributed by atoms with Gasteiger partial charge in [-0.1, -0.05) is 31.7 Å². The molecule has 1 aliphatic rings. The molecule has 0 unspecified atom stereocenters. The van der Waals surface area contributed by atoms with Crippen LogP contribution in [0.1, 0.15) is 31.2 Å². The summed E-state index contributed by atoms with van der Waals surface area (Å²) in [7, 11) is 0. The van der Waals surface area contributed by atoms with Gasteiger partial charge in [-0.2, -0.15) is 0 Å². The molecule has 4 heteroatoms. The Kier molecular flexibility index (Phi) is 3.93. The second-order valence-electron chi connectivity index (χ2n) is 7.22. The summed E-state index contributed by atoms with van der Waals surface area (Å²) in [5, 5.41) is 1.94. The Morgan fingerprint density at radius 2 is 1.88 bits per heavy atom. The van der Waals surface area contributed by atoms with Gasteiger partial charge in [-0.15, -0.1) is 11.3 Å². The van der Waals surface area contributed by atoms with Crippen molar-refractivity contribution in [2.75, 3.05) is 0 Å². The fraction of sp³-hybridized carbons (Fsp3) is 0.273. The Bertz CT molecular complexity index is 1100. The minimum absolute atomic E-state index is 0.292. The van der Waals surface area contributed by atoms with Crippen molar-refractivity contribution in [2.24, 2.45) is 5.92 Å². The van der Waals surface area contributed by atoms with E-state index in [-0.39, 0.29) is 5.82 Å². The van der Waals surface area contributed by atoms with Crippen LogP contribution in [0, 0.1) is 11.7 Å². The number of fused-ring (bicyclic) bond motifs is 3. The molecule has 130 valence electrons. The van der Waals surface area contributed by atoms with Gasteiger partial charge in [0.25, 0.3) is 0 Å². The van der Waals surface area contributed by atoms with Crippen LogP contribution in [0.25, 0.3) is 31.6 Å². The van der Waals surface area contributed by atoms with E-state index in [4.69, 9.17) is 0 Å². The standard InChI is InChI=1S/C22H19FN2S/c23-17-12-19-18-11-16(5-6-21(18)26-22(19)25-13-17)20-10-15(7-8-24-20)9-14-3-1-2-4-14/h5-8,10-14H,1-4,9H2. The number of pyridine rings is 2. The van der Waals surface area contributed by atoms with Crippen molar-refractivity contribution in [2.45, 2.75) is 32.1 Å². The molecule has 0 saturated heterocycles. The van der Waals surface area contributed by atoms with Gasteiger partial charge >= 0.3 is 0 Å². The van der Waals surface area contributed by atoms with Crippen LogP contribution in [-0.4, -0.2) is 9.97 Å². The van der Waals surface area contributed by atoms with Gasteiger partial charge in [-0.3, -0.25) is 4.98 Å². The average Bonchev–Trinajstić information content (AvgIpc) is 3.29. The number of hydrogen-bond acceptors (Lipinski definition) is 3. The fourth-order valence-corrected chi connectivity index (χ4v) is 5.11. The molecular weight excluding hydrogens is 343 g/mol. The zero-order valence-electron chi connectivity index (χ0n) is 14.4. The normalized spacial score (nSPS) is 15.3. The fourth-order valence-electron chi connectivity index (χ4n) is 4.10. The molecule has 0 bridgehead atoms. The first kappa shape index (κ1) is 15.9. The topological polar surface area (TPSA) is 25.8 Å². The molecule has 0 N–H and O–H groups in total. The molecule has 4 aromatic rings. The van der Waals surface area contributed by atoms with E-state index in [2.05, 4.69) is 40.3 Å². The van der Waals surface area contributed by atoms with Crippen molar-refractivity contribution < 1.29 is 4.39 Å². The van der Waals surface area contributed by atoms with Crippen LogP contribution in [0.15, 0.2) is 48.8 Å². The molecule has 3 heterocycles. The highest BCUT2D eigenvalue weighted by atomic mass is 32.1. The van der Waals surface area contributed by atoms with Crippen molar-refractivity contribution >= 4 is 31.6 Å². The van der Waals surface area contributed by atoms with E-state index < -0.39 is 0 Å². The van der Waals surface area contributed by atoms with Crippen LogP contribution in [0.2, 0.25) is 0 Å². The second kappa shape index (κ2) is 6.44. The van der Waals surface area contributed by atoms with E-state index in [1.165, 1.54) is 37.4 Å². The van der Waals surface area contributed by atoms with E-state index >= 15 is 0 Å². The molecule has 0 radical (unpaired) electrons. The molecule has 0 amide bonds. The molecule has 1 fully saturated rings. The number of nitrogens with zero attached hydrogens (tertiary/aromatic N) is 2. The third-order valence-electron chi connectivity index (χ3n) is 5.41. The summed E-state index contributed by atoms with van der Waals surface area (Å²) in [4.78, 5) is 9.68. The van der Waals surface area contributed by atoms with Crippen LogP contribution in [0.5, 0.6) is 0 Å². The first-order valence-corrected chi connectivity index (χ1v) is 10.0. The molecule has 1 aromatic carbocycles. The Hall–Kier alpha value is -2.33. The predicted octanol–water partition coefficient (Wildman–Crippen LogP) is 6.38. The minimum atomic E-state index is -0.292. The van der Waals surface area contributed by atoms with E-state index in [1.54, 1.807) is 17.4 Å². The van der Waals surface area contributed by atoms with Crippen LogP contribution >= 0.6 is 11.3 Å². The number of aromatic nitrogens is 2. The summed E-state index contributed by atoms with van der Waals surface area (Å²) in [6.45, 7) is 0. The predicted molar refractivity (Wildman–Crippen MR) is 106 cm³/mol. The first-order chi connectivity index (χ1) is 12.8. The minimum Gasteiger partial charge on any atom is -0.256 e. The molecular formula is C22H19FN2S. The van der Waals surface area contributed by atoms with Gasteiger partial charge in [0.15, 0.2) is 0 Å². The third kappa shape index (κ3) is 2.88. The van der Waals surface area contributed by atoms with Gasteiger partial charge in [0.2, 0.25) is 0 Å². The van der Waals surface area contributed by atoms with Gasteiger partial charge in [0, 0.05) is 27.2 Å². The second-order valence-corrected chi connectivity index (χ2v) is 8.25. The molecule has 5 rings (SSSR count). The molecule has 1 saturated carbocycles.